The minimum absolute atomic E-state index is 0.134. The van der Waals surface area contributed by atoms with Crippen molar-refractivity contribution >= 4 is 33.8 Å². The molecule has 0 radical (unpaired) electrons. The Kier molecular flexibility index (Phi) is 11.6. The van der Waals surface area contributed by atoms with Gasteiger partial charge in [0.05, 0.1) is 17.9 Å². The van der Waals surface area contributed by atoms with Crippen molar-refractivity contribution in [2.75, 3.05) is 19.0 Å². The van der Waals surface area contributed by atoms with Gasteiger partial charge >= 0.3 is 0 Å². The number of nitrogens with zero attached hydrogens (tertiary/aromatic N) is 2. The molecule has 0 saturated heterocycles. The van der Waals surface area contributed by atoms with Gasteiger partial charge < -0.3 is 0 Å². The molecule has 6 heteroatoms. The minimum atomic E-state index is -0.334. The predicted octanol–water partition coefficient (Wildman–Crippen LogP) is 3.47. The molecule has 1 amide bonds. The lowest BCUT2D eigenvalue weighted by molar-refractivity contribution is -0.128. The van der Waals surface area contributed by atoms with Crippen LogP contribution in [-0.4, -0.2) is 36.8 Å². The molecule has 1 unspecified atom stereocenters. The first kappa shape index (κ1) is 20.7. The molecule has 5 nitrogen and oxygen atoms in total. The van der Waals surface area contributed by atoms with Crippen LogP contribution >= 0.6 is 15.9 Å². The Labute approximate surface area is 141 Å². The summed E-state index contributed by atoms with van der Waals surface area (Å²) in [6, 6.07) is 0. The Bertz CT molecular complexity index is 468. The number of halogens is 1. The van der Waals surface area contributed by atoms with Crippen LogP contribution in [0.5, 0.6) is 0 Å². The van der Waals surface area contributed by atoms with E-state index in [0.29, 0.717) is 23.2 Å². The van der Waals surface area contributed by atoms with E-state index >= 15 is 0 Å². The van der Waals surface area contributed by atoms with Crippen molar-refractivity contribution in [3.05, 3.63) is 23.4 Å². The highest BCUT2D eigenvalue weighted by Gasteiger charge is 2.18. The van der Waals surface area contributed by atoms with Gasteiger partial charge in [0.1, 0.15) is 0 Å². The van der Waals surface area contributed by atoms with Gasteiger partial charge in [0.25, 0.3) is 5.91 Å². The Morgan fingerprint density at radius 1 is 1.45 bits per heavy atom. The maximum Gasteiger partial charge on any atom is 0.278 e. The second-order valence-corrected chi connectivity index (χ2v) is 5.51. The molecule has 0 fully saturated rings. The van der Waals surface area contributed by atoms with Crippen LogP contribution in [0.3, 0.4) is 0 Å². The second-order valence-electron chi connectivity index (χ2n) is 4.72. The monoisotopic (exact) mass is 371 g/mol. The topological polar surface area (TPSA) is 63.0 Å². The highest BCUT2D eigenvalue weighted by molar-refractivity contribution is 9.09. The van der Waals surface area contributed by atoms with Crippen molar-refractivity contribution in [2.24, 2.45) is 15.9 Å². The first-order valence-corrected chi connectivity index (χ1v) is 8.46. The number of carbonyl (C=O) groups excluding carboxylic acids is 1. The smallest absolute Gasteiger partial charge is 0.278 e. The number of carbonyl (C=O) groups is 1. The zero-order valence-electron chi connectivity index (χ0n) is 14.0. The van der Waals surface area contributed by atoms with E-state index in [-0.39, 0.29) is 11.8 Å². The van der Waals surface area contributed by atoms with Gasteiger partial charge in [-0.25, -0.2) is 5.48 Å². The summed E-state index contributed by atoms with van der Waals surface area (Å²) in [6.45, 7) is 8.33. The SMILES string of the molecule is C\C=C/C(C)=N\C(=C(\C=N/C)C(=O)NOCCBr)C(C)CC. The number of amides is 1. The number of nitrogens with one attached hydrogen (secondary N) is 1. The third-order valence-electron chi connectivity index (χ3n) is 2.91. The van der Waals surface area contributed by atoms with E-state index in [1.54, 1.807) is 7.05 Å². The molecule has 0 aromatic rings. The third kappa shape index (κ3) is 7.66. The van der Waals surface area contributed by atoms with Gasteiger partial charge in [-0.2, -0.15) is 0 Å². The lowest BCUT2D eigenvalue weighted by atomic mass is 10.00. The Balaban J connectivity index is 5.70. The van der Waals surface area contributed by atoms with Gasteiger partial charge in [0.15, 0.2) is 0 Å². The summed E-state index contributed by atoms with van der Waals surface area (Å²) in [5, 5.41) is 0.644. The average molecular weight is 372 g/mol. The zero-order valence-corrected chi connectivity index (χ0v) is 15.6. The van der Waals surface area contributed by atoms with E-state index in [0.717, 1.165) is 12.1 Å². The second kappa shape index (κ2) is 12.3. The van der Waals surface area contributed by atoms with Crippen LogP contribution in [0, 0.1) is 5.92 Å². The Morgan fingerprint density at radius 3 is 2.64 bits per heavy atom. The first-order valence-electron chi connectivity index (χ1n) is 7.34. The third-order valence-corrected chi connectivity index (χ3v) is 3.23. The van der Waals surface area contributed by atoms with Crippen LogP contribution in [0.15, 0.2) is 33.4 Å². The maximum atomic E-state index is 12.3. The molecule has 1 atom stereocenters. The molecule has 0 bridgehead atoms. The molecule has 0 aliphatic rings. The minimum Gasteiger partial charge on any atom is -0.296 e. The molecule has 124 valence electrons. The van der Waals surface area contributed by atoms with Gasteiger partial charge in [-0.15, -0.1) is 0 Å². The largest absolute Gasteiger partial charge is 0.296 e. The first-order chi connectivity index (χ1) is 10.5. The van der Waals surface area contributed by atoms with Gasteiger partial charge in [0, 0.05) is 24.3 Å². The van der Waals surface area contributed by atoms with Crippen LogP contribution in [0.2, 0.25) is 0 Å². The molecular weight excluding hydrogens is 346 g/mol. The van der Waals surface area contributed by atoms with E-state index in [1.165, 1.54) is 6.21 Å². The van der Waals surface area contributed by atoms with Crippen LogP contribution in [0.1, 0.15) is 34.1 Å². The molecule has 1 N–H and O–H groups in total. The fourth-order valence-corrected chi connectivity index (χ4v) is 1.84. The van der Waals surface area contributed by atoms with E-state index in [1.807, 2.05) is 32.9 Å². The molecule has 0 spiro atoms. The molecule has 0 aliphatic heterocycles. The lowest BCUT2D eigenvalue weighted by Gasteiger charge is -2.14. The predicted molar refractivity (Wildman–Crippen MR) is 96.7 cm³/mol. The molecule has 0 aliphatic carbocycles. The normalized spacial score (nSPS) is 15.3. The molecule has 0 saturated carbocycles. The fraction of sp³-hybridized carbons (Fsp3) is 0.562. The Morgan fingerprint density at radius 2 is 2.14 bits per heavy atom. The zero-order chi connectivity index (χ0) is 17.0. The number of hydroxylamine groups is 1. The number of allylic oxidation sites excluding steroid dienone is 3. The molecular formula is C16H26BrN3O2. The highest BCUT2D eigenvalue weighted by atomic mass is 79.9. The van der Waals surface area contributed by atoms with Crippen LogP contribution in [-0.2, 0) is 9.63 Å². The van der Waals surface area contributed by atoms with Crippen LogP contribution in [0.25, 0.3) is 0 Å². The van der Waals surface area contributed by atoms with Gasteiger partial charge in [-0.1, -0.05) is 35.9 Å². The molecule has 0 aromatic carbocycles. The van der Waals surface area contributed by atoms with Gasteiger partial charge in [0.2, 0.25) is 0 Å². The highest BCUT2D eigenvalue weighted by Crippen LogP contribution is 2.20. The maximum absolute atomic E-state index is 12.3. The van der Waals surface area contributed by atoms with E-state index in [4.69, 9.17) is 4.84 Å². The number of hydrogen-bond acceptors (Lipinski definition) is 4. The van der Waals surface area contributed by atoms with Gasteiger partial charge in [-0.05, 0) is 32.3 Å². The van der Waals surface area contributed by atoms with E-state index in [9.17, 15) is 4.79 Å². The average Bonchev–Trinajstić information content (AvgIpc) is 2.50. The van der Waals surface area contributed by atoms with Crippen molar-refractivity contribution in [1.29, 1.82) is 0 Å². The Hall–Kier alpha value is -1.27. The summed E-state index contributed by atoms with van der Waals surface area (Å²) in [5.74, 6) is -0.200. The number of hydrogen-bond donors (Lipinski definition) is 1. The molecule has 0 rings (SSSR count). The fourth-order valence-electron chi connectivity index (χ4n) is 1.68. The summed E-state index contributed by atoms with van der Waals surface area (Å²) in [6.07, 6.45) is 6.22. The van der Waals surface area contributed by atoms with Gasteiger partial charge in [-0.3, -0.25) is 19.6 Å². The van der Waals surface area contributed by atoms with Crippen molar-refractivity contribution in [3.8, 4) is 0 Å². The van der Waals surface area contributed by atoms with Crippen molar-refractivity contribution < 1.29 is 9.63 Å². The number of rotatable bonds is 9. The van der Waals surface area contributed by atoms with Crippen molar-refractivity contribution in [3.63, 3.8) is 0 Å². The summed E-state index contributed by atoms with van der Waals surface area (Å²) >= 11 is 3.24. The van der Waals surface area contributed by atoms with E-state index < -0.39 is 0 Å². The van der Waals surface area contributed by atoms with Crippen molar-refractivity contribution in [2.45, 2.75) is 34.1 Å². The van der Waals surface area contributed by atoms with E-state index in [2.05, 4.69) is 38.3 Å². The lowest BCUT2D eigenvalue weighted by Crippen LogP contribution is -2.28. The molecule has 22 heavy (non-hydrogen) atoms. The van der Waals surface area contributed by atoms with Crippen LogP contribution in [0.4, 0.5) is 0 Å². The molecule has 0 heterocycles. The number of aliphatic imine (C=N–C) groups is 2. The van der Waals surface area contributed by atoms with Crippen LogP contribution < -0.4 is 5.48 Å². The standard InChI is InChI=1S/C16H26BrN3O2/c1-6-8-13(4)19-15(12(3)7-2)14(11-18-5)16(21)20-22-10-9-17/h6,8,11-12H,7,9-10H2,1-5H3,(H,20,21)/b8-6-,15-14-,18-11-,19-13-. The summed E-state index contributed by atoms with van der Waals surface area (Å²) in [5.41, 5.74) is 4.41. The quantitative estimate of drug-likeness (QED) is 0.221. The van der Waals surface area contributed by atoms with Crippen molar-refractivity contribution in [1.82, 2.24) is 5.48 Å². The molecule has 0 aromatic heterocycles. The summed E-state index contributed by atoms with van der Waals surface area (Å²) in [7, 11) is 1.63. The summed E-state index contributed by atoms with van der Waals surface area (Å²) in [4.78, 5) is 26.0. The number of alkyl halides is 1. The summed E-state index contributed by atoms with van der Waals surface area (Å²) < 4.78 is 0.